The molecule has 0 aliphatic heterocycles. The Morgan fingerprint density at radius 3 is 2.05 bits per heavy atom. The Bertz CT molecular complexity index is 418. The minimum absolute atomic E-state index is 0.00692. The molecule has 5 heteroatoms. The molecule has 4 nitrogen and oxygen atoms in total. The number of aliphatic imine (C=N–C) groups is 1. The predicted molar refractivity (Wildman–Crippen MR) is 77.3 cm³/mol. The van der Waals surface area contributed by atoms with E-state index in [9.17, 15) is 4.79 Å². The quantitative estimate of drug-likeness (QED) is 0.436. The van der Waals surface area contributed by atoms with Crippen LogP contribution in [0, 0.1) is 0 Å². The fourth-order valence-corrected chi connectivity index (χ4v) is 5.07. The SMILES string of the molecule is CC(C)O[Si](CN=C=O)(OC(C)C)c1ccccc1. The molecule has 0 N–H and O–H groups in total. The lowest BCUT2D eigenvalue weighted by atomic mass is 10.4. The molecule has 0 bridgehead atoms. The highest BCUT2D eigenvalue weighted by molar-refractivity contribution is 6.81. The molecule has 0 atom stereocenters. The summed E-state index contributed by atoms with van der Waals surface area (Å²) in [6.45, 7) is 7.83. The summed E-state index contributed by atoms with van der Waals surface area (Å²) in [5.41, 5.74) is 0. The summed E-state index contributed by atoms with van der Waals surface area (Å²) in [5.74, 6) is 0. The second kappa shape index (κ2) is 7.36. The third-order valence-corrected chi connectivity index (χ3v) is 5.91. The molecule has 0 amide bonds. The van der Waals surface area contributed by atoms with Gasteiger partial charge in [-0.15, -0.1) is 0 Å². The van der Waals surface area contributed by atoms with Crippen molar-refractivity contribution in [1.29, 1.82) is 0 Å². The van der Waals surface area contributed by atoms with Crippen LogP contribution in [0.1, 0.15) is 27.7 Å². The zero-order valence-electron chi connectivity index (χ0n) is 11.9. The van der Waals surface area contributed by atoms with E-state index in [2.05, 4.69) is 4.99 Å². The van der Waals surface area contributed by atoms with Crippen molar-refractivity contribution in [3.8, 4) is 0 Å². The van der Waals surface area contributed by atoms with Crippen molar-refractivity contribution in [1.82, 2.24) is 0 Å². The maximum Gasteiger partial charge on any atom is 0.396 e. The van der Waals surface area contributed by atoms with Gasteiger partial charge in [0, 0.05) is 12.2 Å². The van der Waals surface area contributed by atoms with Gasteiger partial charge in [-0.1, -0.05) is 30.3 Å². The van der Waals surface area contributed by atoms with Crippen molar-refractivity contribution in [2.75, 3.05) is 6.17 Å². The molecule has 19 heavy (non-hydrogen) atoms. The van der Waals surface area contributed by atoms with Gasteiger partial charge in [-0.3, -0.25) is 0 Å². The number of hydrogen-bond acceptors (Lipinski definition) is 4. The molecule has 0 unspecified atom stereocenters. The van der Waals surface area contributed by atoms with Crippen molar-refractivity contribution < 1.29 is 13.6 Å². The number of hydrogen-bond donors (Lipinski definition) is 0. The first-order valence-electron chi connectivity index (χ1n) is 6.45. The molecule has 0 spiro atoms. The molecule has 0 saturated carbocycles. The van der Waals surface area contributed by atoms with Gasteiger partial charge in [-0.05, 0) is 32.9 Å². The Morgan fingerprint density at radius 2 is 1.63 bits per heavy atom. The van der Waals surface area contributed by atoms with Crippen molar-refractivity contribution >= 4 is 19.8 Å². The van der Waals surface area contributed by atoms with Crippen LogP contribution >= 0.6 is 0 Å². The third kappa shape index (κ3) is 4.72. The summed E-state index contributed by atoms with van der Waals surface area (Å²) in [6, 6.07) is 9.76. The first-order chi connectivity index (χ1) is 9.00. The summed E-state index contributed by atoms with van der Waals surface area (Å²) in [7, 11) is -2.75. The predicted octanol–water partition coefficient (Wildman–Crippen LogP) is 2.06. The zero-order chi connectivity index (χ0) is 14.3. The van der Waals surface area contributed by atoms with Gasteiger partial charge in [0.05, 0.1) is 6.17 Å². The van der Waals surface area contributed by atoms with Gasteiger partial charge >= 0.3 is 8.56 Å². The standard InChI is InChI=1S/C14H21NO3Si/c1-12(2)17-19(11-15-10-16,18-13(3)4)14-8-6-5-7-9-14/h5-9,12-13H,11H2,1-4H3. The van der Waals surface area contributed by atoms with E-state index in [-0.39, 0.29) is 18.4 Å². The molecule has 0 radical (unpaired) electrons. The Kier molecular flexibility index (Phi) is 6.11. The smallest absolute Gasteiger partial charge is 0.387 e. The van der Waals surface area contributed by atoms with Crippen molar-refractivity contribution in [3.05, 3.63) is 30.3 Å². The molecule has 0 aromatic heterocycles. The largest absolute Gasteiger partial charge is 0.396 e. The van der Waals surface area contributed by atoms with Crippen LogP contribution in [0.15, 0.2) is 35.3 Å². The van der Waals surface area contributed by atoms with Crippen LogP contribution in [-0.4, -0.2) is 33.0 Å². The number of rotatable bonds is 7. The highest BCUT2D eigenvalue weighted by Gasteiger charge is 2.42. The second-order valence-electron chi connectivity index (χ2n) is 4.86. The van der Waals surface area contributed by atoms with Gasteiger partial charge in [-0.25, -0.2) is 9.79 Å². The Labute approximate surface area is 115 Å². The maximum atomic E-state index is 10.5. The van der Waals surface area contributed by atoms with E-state index in [0.29, 0.717) is 0 Å². The van der Waals surface area contributed by atoms with Crippen LogP contribution in [-0.2, 0) is 13.6 Å². The zero-order valence-corrected chi connectivity index (χ0v) is 12.9. The first-order valence-corrected chi connectivity index (χ1v) is 8.47. The molecule has 0 heterocycles. The average Bonchev–Trinajstić information content (AvgIpc) is 2.35. The lowest BCUT2D eigenvalue weighted by molar-refractivity contribution is 0.116. The van der Waals surface area contributed by atoms with Crippen LogP contribution in [0.3, 0.4) is 0 Å². The molecular formula is C14H21NO3Si. The fraction of sp³-hybridized carbons (Fsp3) is 0.500. The molecule has 1 aromatic carbocycles. The maximum absolute atomic E-state index is 10.5. The fourth-order valence-electron chi connectivity index (χ4n) is 1.92. The van der Waals surface area contributed by atoms with E-state index in [1.54, 1.807) is 6.08 Å². The van der Waals surface area contributed by atoms with E-state index >= 15 is 0 Å². The van der Waals surface area contributed by atoms with E-state index < -0.39 is 8.56 Å². The van der Waals surface area contributed by atoms with Crippen LogP contribution in [0.4, 0.5) is 0 Å². The molecule has 0 fully saturated rings. The van der Waals surface area contributed by atoms with Crippen molar-refractivity contribution in [2.45, 2.75) is 39.9 Å². The topological polar surface area (TPSA) is 47.9 Å². The molecule has 0 saturated heterocycles. The van der Waals surface area contributed by atoms with E-state index in [1.165, 1.54) is 0 Å². The normalized spacial score (nSPS) is 11.7. The minimum Gasteiger partial charge on any atom is -0.387 e. The molecule has 0 aliphatic carbocycles. The van der Waals surface area contributed by atoms with E-state index in [1.807, 2.05) is 58.0 Å². The molecule has 1 rings (SSSR count). The summed E-state index contributed by atoms with van der Waals surface area (Å²) in [6.07, 6.45) is 1.84. The summed E-state index contributed by atoms with van der Waals surface area (Å²) < 4.78 is 12.2. The summed E-state index contributed by atoms with van der Waals surface area (Å²) in [5, 5.41) is 0.983. The highest BCUT2D eigenvalue weighted by Crippen LogP contribution is 2.14. The van der Waals surface area contributed by atoms with Crippen molar-refractivity contribution in [3.63, 3.8) is 0 Å². The average molecular weight is 279 g/mol. The number of benzene rings is 1. The summed E-state index contributed by atoms with van der Waals surface area (Å²) >= 11 is 0. The Balaban J connectivity index is 3.19. The number of isocyanates is 1. The van der Waals surface area contributed by atoms with Crippen LogP contribution in [0.2, 0.25) is 0 Å². The first kappa shape index (κ1) is 15.8. The van der Waals surface area contributed by atoms with Gasteiger partial charge in [0.15, 0.2) is 0 Å². The van der Waals surface area contributed by atoms with Crippen molar-refractivity contribution in [2.24, 2.45) is 4.99 Å². The monoisotopic (exact) mass is 279 g/mol. The summed E-state index contributed by atoms with van der Waals surface area (Å²) in [4.78, 5) is 14.2. The van der Waals surface area contributed by atoms with Gasteiger partial charge in [0.2, 0.25) is 6.08 Å². The molecule has 104 valence electrons. The third-order valence-electron chi connectivity index (χ3n) is 2.42. The van der Waals surface area contributed by atoms with Gasteiger partial charge in [0.1, 0.15) is 0 Å². The van der Waals surface area contributed by atoms with Crippen LogP contribution in [0.25, 0.3) is 0 Å². The number of nitrogens with zero attached hydrogens (tertiary/aromatic N) is 1. The Morgan fingerprint density at radius 1 is 1.11 bits per heavy atom. The van der Waals surface area contributed by atoms with Gasteiger partial charge < -0.3 is 8.85 Å². The van der Waals surface area contributed by atoms with E-state index in [4.69, 9.17) is 8.85 Å². The van der Waals surface area contributed by atoms with Crippen LogP contribution in [0.5, 0.6) is 0 Å². The van der Waals surface area contributed by atoms with Crippen LogP contribution < -0.4 is 5.19 Å². The lowest BCUT2D eigenvalue weighted by Crippen LogP contribution is -2.59. The highest BCUT2D eigenvalue weighted by atomic mass is 28.4. The molecular weight excluding hydrogens is 258 g/mol. The van der Waals surface area contributed by atoms with Gasteiger partial charge in [0.25, 0.3) is 0 Å². The Hall–Kier alpha value is -1.26. The van der Waals surface area contributed by atoms with Gasteiger partial charge in [-0.2, -0.15) is 0 Å². The lowest BCUT2D eigenvalue weighted by Gasteiger charge is -2.32. The second-order valence-corrected chi connectivity index (χ2v) is 7.73. The minimum atomic E-state index is -2.75. The number of carbonyl (C=O) groups excluding carboxylic acids is 1. The van der Waals surface area contributed by atoms with E-state index in [0.717, 1.165) is 5.19 Å². The molecule has 0 aliphatic rings. The molecule has 1 aromatic rings.